The maximum Gasteiger partial charge on any atom is 0.154 e. The van der Waals surface area contributed by atoms with Gasteiger partial charge in [0.15, 0.2) is 5.82 Å². The first-order valence-corrected chi connectivity index (χ1v) is 11.4. The second kappa shape index (κ2) is 10.0. The summed E-state index contributed by atoms with van der Waals surface area (Å²) in [5.41, 5.74) is 4.63. The molecule has 9 nitrogen and oxygen atoms in total. The Morgan fingerprint density at radius 1 is 0.970 bits per heavy atom. The fourth-order valence-electron chi connectivity index (χ4n) is 4.18. The summed E-state index contributed by atoms with van der Waals surface area (Å²) >= 11 is 0. The number of fused-ring (bicyclic) bond motifs is 1. The van der Waals surface area contributed by atoms with E-state index in [1.807, 2.05) is 41.3 Å². The molecule has 0 bridgehead atoms. The molecule has 1 fully saturated rings. The average molecular weight is 445 g/mol. The molecule has 1 N–H and O–H groups in total. The maximum absolute atomic E-state index is 5.16. The quantitative estimate of drug-likeness (QED) is 0.418. The van der Waals surface area contributed by atoms with Crippen molar-refractivity contribution in [3.63, 3.8) is 0 Å². The summed E-state index contributed by atoms with van der Waals surface area (Å²) in [6.45, 7) is 5.02. The van der Waals surface area contributed by atoms with Gasteiger partial charge in [0.05, 0.1) is 30.0 Å². The van der Waals surface area contributed by atoms with Crippen molar-refractivity contribution in [1.29, 1.82) is 0 Å². The summed E-state index contributed by atoms with van der Waals surface area (Å²) in [6, 6.07) is 7.78. The molecule has 0 aliphatic carbocycles. The molecule has 5 rings (SSSR count). The van der Waals surface area contributed by atoms with Crippen LogP contribution in [0.3, 0.4) is 0 Å². The van der Waals surface area contributed by atoms with Crippen LogP contribution in [0.1, 0.15) is 24.8 Å². The van der Waals surface area contributed by atoms with Gasteiger partial charge in [0.25, 0.3) is 0 Å². The van der Waals surface area contributed by atoms with Gasteiger partial charge in [0, 0.05) is 42.7 Å². The van der Waals surface area contributed by atoms with Crippen molar-refractivity contribution in [3.05, 3.63) is 54.6 Å². The lowest BCUT2D eigenvalue weighted by molar-refractivity contribution is 0.184. The first kappa shape index (κ1) is 21.4. The number of rotatable bonds is 9. The van der Waals surface area contributed by atoms with E-state index in [1.165, 1.54) is 25.9 Å². The first-order valence-electron chi connectivity index (χ1n) is 11.4. The summed E-state index contributed by atoms with van der Waals surface area (Å²) in [5, 5.41) is 15.9. The molecule has 4 aromatic rings. The van der Waals surface area contributed by atoms with Gasteiger partial charge in [0.2, 0.25) is 0 Å². The van der Waals surface area contributed by atoms with Gasteiger partial charge < -0.3 is 15.0 Å². The lowest BCUT2D eigenvalue weighted by Gasteiger charge is -2.13. The van der Waals surface area contributed by atoms with E-state index in [0.717, 1.165) is 47.2 Å². The van der Waals surface area contributed by atoms with E-state index in [0.29, 0.717) is 18.2 Å². The van der Waals surface area contributed by atoms with Crippen molar-refractivity contribution < 1.29 is 4.74 Å². The molecule has 0 atom stereocenters. The van der Waals surface area contributed by atoms with Crippen molar-refractivity contribution >= 4 is 22.7 Å². The number of anilines is 2. The van der Waals surface area contributed by atoms with Crippen LogP contribution < -0.4 is 5.32 Å². The Bertz CT molecular complexity index is 1220. The molecule has 1 aliphatic rings. The van der Waals surface area contributed by atoms with Crippen LogP contribution in [-0.2, 0) is 17.9 Å². The lowest BCUT2D eigenvalue weighted by atomic mass is 10.1. The first-order chi connectivity index (χ1) is 16.3. The summed E-state index contributed by atoms with van der Waals surface area (Å²) in [7, 11) is 1.65. The highest BCUT2D eigenvalue weighted by Gasteiger charge is 2.11. The van der Waals surface area contributed by atoms with E-state index in [4.69, 9.17) is 9.72 Å². The highest BCUT2D eigenvalue weighted by molar-refractivity contribution is 5.81. The normalized spacial score (nSPS) is 14.2. The maximum atomic E-state index is 5.16. The molecule has 0 unspecified atom stereocenters. The number of hydrogen-bond acceptors (Lipinski definition) is 8. The molecule has 4 aromatic heterocycles. The Kier molecular flexibility index (Phi) is 6.50. The fraction of sp³-hybridized carbons (Fsp3) is 0.375. The summed E-state index contributed by atoms with van der Waals surface area (Å²) in [4.78, 5) is 11.9. The van der Waals surface area contributed by atoms with Crippen molar-refractivity contribution in [1.82, 2.24) is 34.8 Å². The molecular weight excluding hydrogens is 416 g/mol. The molecule has 1 aliphatic heterocycles. The Balaban J connectivity index is 1.28. The van der Waals surface area contributed by atoms with Crippen molar-refractivity contribution in [3.8, 4) is 11.1 Å². The van der Waals surface area contributed by atoms with Crippen LogP contribution in [0, 0.1) is 0 Å². The van der Waals surface area contributed by atoms with Gasteiger partial charge in [-0.1, -0.05) is 0 Å². The van der Waals surface area contributed by atoms with Gasteiger partial charge >= 0.3 is 0 Å². The zero-order valence-corrected chi connectivity index (χ0v) is 18.8. The number of nitrogens with one attached hydrogen (secondary N) is 1. The topological polar surface area (TPSA) is 93.9 Å². The molecule has 170 valence electrons. The van der Waals surface area contributed by atoms with Crippen molar-refractivity contribution in [2.24, 2.45) is 0 Å². The van der Waals surface area contributed by atoms with Gasteiger partial charge in [-0.2, -0.15) is 10.2 Å². The molecule has 5 heterocycles. The van der Waals surface area contributed by atoms with Crippen LogP contribution in [0.25, 0.3) is 22.2 Å². The Labute approximate surface area is 192 Å². The number of methoxy groups -OCH3 is 1. The van der Waals surface area contributed by atoms with Crippen molar-refractivity contribution in [2.75, 3.05) is 32.1 Å². The number of nitrogens with zero attached hydrogens (tertiary/aromatic N) is 7. The predicted molar refractivity (Wildman–Crippen MR) is 127 cm³/mol. The molecule has 1 saturated heterocycles. The van der Waals surface area contributed by atoms with Gasteiger partial charge in [-0.15, -0.1) is 5.10 Å². The number of aryl methyl sites for hydroxylation is 1. The predicted octanol–water partition coefficient (Wildman–Crippen LogP) is 3.66. The number of likely N-dealkylation sites (tertiary alicyclic amines) is 1. The van der Waals surface area contributed by atoms with Gasteiger partial charge in [-0.25, -0.2) is 4.98 Å². The highest BCUT2D eigenvalue weighted by atomic mass is 16.5. The molecular formula is C24H28N8O. The fourth-order valence-corrected chi connectivity index (χ4v) is 4.18. The standard InChI is InChI=1S/C24H28N8O/c1-33-17-18-11-24(30-26-13-18)29-23-6-5-21-22(28-23)12-19(14-25-21)20-15-27-32(16-20)10-4-9-31-7-2-3-8-31/h5-6,11-16H,2-4,7-10,17H2,1H3,(H,28,29,30). The van der Waals surface area contributed by atoms with E-state index >= 15 is 0 Å². The summed E-state index contributed by atoms with van der Waals surface area (Å²) in [5.74, 6) is 1.30. The minimum absolute atomic E-state index is 0.481. The smallest absolute Gasteiger partial charge is 0.154 e. The molecule has 33 heavy (non-hydrogen) atoms. The Morgan fingerprint density at radius 3 is 2.76 bits per heavy atom. The SMILES string of the molecule is COCc1cnnc(Nc2ccc3ncc(-c4cnn(CCCN5CCCC5)c4)cc3n2)c1. The van der Waals surface area contributed by atoms with E-state index in [2.05, 4.69) is 36.7 Å². The van der Waals surface area contributed by atoms with Crippen LogP contribution in [0.4, 0.5) is 11.6 Å². The van der Waals surface area contributed by atoms with Crippen molar-refractivity contribution in [2.45, 2.75) is 32.4 Å². The number of ether oxygens (including phenoxy) is 1. The van der Waals surface area contributed by atoms with Crippen LogP contribution in [-0.4, -0.2) is 61.6 Å². The average Bonchev–Trinajstić information content (AvgIpc) is 3.52. The third-order valence-electron chi connectivity index (χ3n) is 5.84. The number of aromatic nitrogens is 6. The van der Waals surface area contributed by atoms with E-state index in [9.17, 15) is 0 Å². The van der Waals surface area contributed by atoms with Crippen LogP contribution in [0.15, 0.2) is 49.1 Å². The number of pyridine rings is 2. The summed E-state index contributed by atoms with van der Waals surface area (Å²) < 4.78 is 7.18. The van der Waals surface area contributed by atoms with Crippen LogP contribution >= 0.6 is 0 Å². The monoisotopic (exact) mass is 444 g/mol. The second-order valence-corrected chi connectivity index (χ2v) is 8.36. The van der Waals surface area contributed by atoms with Gasteiger partial charge in [-0.3, -0.25) is 9.67 Å². The second-order valence-electron chi connectivity index (χ2n) is 8.36. The molecule has 0 saturated carbocycles. The van der Waals surface area contributed by atoms with Crippen LogP contribution in [0.5, 0.6) is 0 Å². The molecule has 0 amide bonds. The third kappa shape index (κ3) is 5.32. The molecule has 0 spiro atoms. The summed E-state index contributed by atoms with van der Waals surface area (Å²) in [6.07, 6.45) is 11.3. The molecule has 0 radical (unpaired) electrons. The van der Waals surface area contributed by atoms with Gasteiger partial charge in [0.1, 0.15) is 5.82 Å². The Hall–Kier alpha value is -3.43. The van der Waals surface area contributed by atoms with E-state index in [1.54, 1.807) is 13.3 Å². The minimum Gasteiger partial charge on any atom is -0.380 e. The van der Waals surface area contributed by atoms with E-state index in [-0.39, 0.29) is 0 Å². The zero-order valence-electron chi connectivity index (χ0n) is 18.8. The van der Waals surface area contributed by atoms with Gasteiger partial charge in [-0.05, 0) is 63.2 Å². The number of hydrogen-bond donors (Lipinski definition) is 1. The minimum atomic E-state index is 0.481. The van der Waals surface area contributed by atoms with Crippen LogP contribution in [0.2, 0.25) is 0 Å². The third-order valence-corrected chi connectivity index (χ3v) is 5.84. The lowest BCUT2D eigenvalue weighted by Crippen LogP contribution is -2.21. The molecule has 0 aromatic carbocycles. The Morgan fingerprint density at radius 2 is 1.88 bits per heavy atom. The molecule has 9 heteroatoms. The largest absolute Gasteiger partial charge is 0.380 e. The zero-order chi connectivity index (χ0) is 22.5. The highest BCUT2D eigenvalue weighted by Crippen LogP contribution is 2.23. The van der Waals surface area contributed by atoms with E-state index < -0.39 is 0 Å².